The van der Waals surface area contributed by atoms with E-state index < -0.39 is 63.1 Å². The van der Waals surface area contributed by atoms with Crippen molar-refractivity contribution in [1.29, 1.82) is 0 Å². The Kier molecular flexibility index (Phi) is 5.30. The van der Waals surface area contributed by atoms with Crippen LogP contribution < -0.4 is 4.74 Å². The molecule has 0 saturated carbocycles. The number of halogens is 8. The normalized spacial score (nSPS) is 22.0. The lowest BCUT2D eigenvalue weighted by Crippen LogP contribution is -2.36. The number of alkyl halides is 8. The molecule has 2 rings (SSSR count). The van der Waals surface area contributed by atoms with Gasteiger partial charge >= 0.3 is 18.0 Å². The predicted octanol–water partition coefficient (Wildman–Crippen LogP) is 3.91. The van der Waals surface area contributed by atoms with Gasteiger partial charge in [-0.3, -0.25) is 9.11 Å². The molecular weight excluding hydrogens is 422 g/mol. The third-order valence-corrected chi connectivity index (χ3v) is 5.16. The quantitative estimate of drug-likeness (QED) is 0.703. The van der Waals surface area contributed by atoms with Gasteiger partial charge < -0.3 is 9.57 Å². The molecule has 0 saturated heterocycles. The van der Waals surface area contributed by atoms with Crippen molar-refractivity contribution in [3.63, 3.8) is 0 Å². The minimum atomic E-state index is -5.76. The van der Waals surface area contributed by atoms with Crippen molar-refractivity contribution in [2.75, 3.05) is 0 Å². The monoisotopic (exact) mass is 433 g/mol. The Labute approximate surface area is 146 Å². The fraction of sp³-hybridized carbons (Fsp3) is 0.636. The fourth-order valence-electron chi connectivity index (χ4n) is 2.11. The van der Waals surface area contributed by atoms with Gasteiger partial charge in [0, 0.05) is 7.05 Å². The largest absolute Gasteiger partial charge is 0.435 e. The summed E-state index contributed by atoms with van der Waals surface area (Å²) in [6.45, 7) is -2.87. The Morgan fingerprint density at radius 3 is 2.19 bits per heavy atom. The summed E-state index contributed by atoms with van der Waals surface area (Å²) in [6.07, 6.45) is -9.74. The molecule has 0 amide bonds. The molecule has 2 N–H and O–H groups in total. The minimum absolute atomic E-state index is 0.0870. The van der Waals surface area contributed by atoms with E-state index in [0.717, 1.165) is 6.92 Å². The Bertz CT molecular complexity index is 751. The molecule has 1 aliphatic heterocycles. The van der Waals surface area contributed by atoms with E-state index in [-0.39, 0.29) is 4.68 Å². The second kappa shape index (κ2) is 6.66. The Morgan fingerprint density at radius 2 is 1.78 bits per heavy atom. The van der Waals surface area contributed by atoms with Crippen molar-refractivity contribution in [1.82, 2.24) is 9.78 Å². The standard InChI is InChI=1S/C11H11F8N3O4S/c1-3-5(12)7(21-26-3)27(23,24)11(18,19)4-6(10(15,16)17)20-22(2)8(4)25-9(13)14/h3,5,9,23-24H,1-2H3. The number of aromatic nitrogens is 2. The maximum atomic E-state index is 14.8. The number of nitrogens with zero attached hydrogens (tertiary/aromatic N) is 3. The van der Waals surface area contributed by atoms with E-state index in [1.807, 2.05) is 0 Å². The SMILES string of the molecule is CC1ON=C(S(O)(O)C(F)(F)c2c(C(F)(F)F)nn(C)c2OC(F)F)C1F. The lowest BCUT2D eigenvalue weighted by atomic mass is 10.2. The first kappa shape index (κ1) is 21.5. The summed E-state index contributed by atoms with van der Waals surface area (Å²) in [5.74, 6) is -1.79. The van der Waals surface area contributed by atoms with Crippen LogP contribution in [0.1, 0.15) is 18.2 Å². The molecule has 0 radical (unpaired) electrons. The fourth-order valence-corrected chi connectivity index (χ4v) is 3.49. The van der Waals surface area contributed by atoms with Gasteiger partial charge in [0.1, 0.15) is 5.56 Å². The zero-order valence-corrected chi connectivity index (χ0v) is 14.0. The molecule has 0 fully saturated rings. The van der Waals surface area contributed by atoms with Gasteiger partial charge in [-0.05, 0) is 6.92 Å². The molecule has 2 atom stereocenters. The zero-order valence-electron chi connectivity index (χ0n) is 13.2. The van der Waals surface area contributed by atoms with Gasteiger partial charge in [0.15, 0.2) is 18.0 Å². The summed E-state index contributed by atoms with van der Waals surface area (Å²) >= 11 is 0. The molecule has 0 bridgehead atoms. The average Bonchev–Trinajstić information content (AvgIpc) is 3.00. The maximum absolute atomic E-state index is 14.8. The van der Waals surface area contributed by atoms with Crippen LogP contribution in [0.2, 0.25) is 0 Å². The molecule has 0 spiro atoms. The highest BCUT2D eigenvalue weighted by Crippen LogP contribution is 2.66. The molecule has 2 unspecified atom stereocenters. The van der Waals surface area contributed by atoms with Gasteiger partial charge in [0.2, 0.25) is 10.9 Å². The second-order valence-corrected chi connectivity index (χ2v) is 7.26. The van der Waals surface area contributed by atoms with Crippen LogP contribution in [0.3, 0.4) is 0 Å². The first-order chi connectivity index (χ1) is 12.1. The van der Waals surface area contributed by atoms with Gasteiger partial charge in [-0.15, -0.1) is 0 Å². The molecule has 1 aliphatic rings. The van der Waals surface area contributed by atoms with Crippen LogP contribution in [0.15, 0.2) is 5.16 Å². The molecular formula is C11H11F8N3O4S. The van der Waals surface area contributed by atoms with Crippen LogP contribution in [-0.4, -0.2) is 42.8 Å². The summed E-state index contributed by atoms with van der Waals surface area (Å²) < 4.78 is 131. The van der Waals surface area contributed by atoms with Crippen LogP contribution in [0, 0.1) is 0 Å². The van der Waals surface area contributed by atoms with Crippen LogP contribution >= 0.6 is 10.6 Å². The zero-order chi connectivity index (χ0) is 20.9. The molecule has 2 heterocycles. The number of ether oxygens (including phenoxy) is 1. The Morgan fingerprint density at radius 1 is 1.22 bits per heavy atom. The number of rotatable bonds is 4. The van der Waals surface area contributed by atoms with E-state index in [2.05, 4.69) is 19.8 Å². The predicted molar refractivity (Wildman–Crippen MR) is 74.5 cm³/mol. The summed E-state index contributed by atoms with van der Waals surface area (Å²) in [5, 5.41) is -1.61. The number of aryl methyl sites for hydroxylation is 1. The van der Waals surface area contributed by atoms with Crippen molar-refractivity contribution >= 4 is 15.6 Å². The van der Waals surface area contributed by atoms with Gasteiger partial charge in [-0.2, -0.15) is 35.8 Å². The molecule has 27 heavy (non-hydrogen) atoms. The van der Waals surface area contributed by atoms with E-state index >= 15 is 0 Å². The van der Waals surface area contributed by atoms with Gasteiger partial charge in [-0.1, -0.05) is 15.7 Å². The van der Waals surface area contributed by atoms with Crippen molar-refractivity contribution in [3.8, 4) is 5.88 Å². The first-order valence-electron chi connectivity index (χ1n) is 6.75. The highest BCUT2D eigenvalue weighted by molar-refractivity contribution is 8.37. The number of oxime groups is 1. The topological polar surface area (TPSA) is 89.1 Å². The summed E-state index contributed by atoms with van der Waals surface area (Å²) in [6, 6.07) is 0. The van der Waals surface area contributed by atoms with Crippen LogP contribution in [0.25, 0.3) is 0 Å². The lowest BCUT2D eigenvalue weighted by Gasteiger charge is -2.38. The average molecular weight is 433 g/mol. The lowest BCUT2D eigenvalue weighted by molar-refractivity contribution is -0.144. The number of hydrogen-bond donors (Lipinski definition) is 2. The van der Waals surface area contributed by atoms with Gasteiger partial charge in [0.05, 0.1) is 0 Å². The summed E-state index contributed by atoms with van der Waals surface area (Å²) in [7, 11) is -5.18. The molecule has 156 valence electrons. The number of hydrogen-bond acceptors (Lipinski definition) is 6. The Balaban J connectivity index is 2.70. The van der Waals surface area contributed by atoms with Crippen molar-refractivity contribution in [2.45, 2.75) is 37.2 Å². The summed E-state index contributed by atoms with van der Waals surface area (Å²) in [4.78, 5) is 4.28. The van der Waals surface area contributed by atoms with Crippen molar-refractivity contribution in [3.05, 3.63) is 11.3 Å². The van der Waals surface area contributed by atoms with Gasteiger partial charge in [0.25, 0.3) is 0 Å². The van der Waals surface area contributed by atoms with Crippen molar-refractivity contribution in [2.24, 2.45) is 12.2 Å². The van der Waals surface area contributed by atoms with Gasteiger partial charge in [-0.25, -0.2) is 9.07 Å². The minimum Gasteiger partial charge on any atom is -0.417 e. The smallest absolute Gasteiger partial charge is 0.417 e. The highest BCUT2D eigenvalue weighted by Gasteiger charge is 2.61. The molecule has 0 aromatic carbocycles. The molecule has 16 heteroatoms. The molecule has 0 aliphatic carbocycles. The molecule has 1 aromatic heterocycles. The van der Waals surface area contributed by atoms with Crippen LogP contribution in [0.5, 0.6) is 5.88 Å². The molecule has 1 aromatic rings. The second-order valence-electron chi connectivity index (χ2n) is 5.24. The first-order valence-corrected chi connectivity index (χ1v) is 8.30. The highest BCUT2D eigenvalue weighted by atomic mass is 32.3. The van der Waals surface area contributed by atoms with E-state index in [1.165, 1.54) is 0 Å². The van der Waals surface area contributed by atoms with E-state index in [1.54, 1.807) is 0 Å². The third-order valence-electron chi connectivity index (χ3n) is 3.36. The Hall–Kier alpha value is -1.81. The van der Waals surface area contributed by atoms with Crippen LogP contribution in [-0.2, 0) is 23.3 Å². The van der Waals surface area contributed by atoms with Crippen LogP contribution in [0.4, 0.5) is 35.1 Å². The third kappa shape index (κ3) is 3.52. The van der Waals surface area contributed by atoms with E-state index in [4.69, 9.17) is 0 Å². The van der Waals surface area contributed by atoms with E-state index in [0.29, 0.717) is 7.05 Å². The van der Waals surface area contributed by atoms with Crippen molar-refractivity contribution < 1.29 is 53.8 Å². The molecule has 7 nitrogen and oxygen atoms in total. The van der Waals surface area contributed by atoms with E-state index in [9.17, 15) is 44.2 Å². The maximum Gasteiger partial charge on any atom is 0.435 e. The summed E-state index contributed by atoms with van der Waals surface area (Å²) in [5.41, 5.74) is -4.82.